The van der Waals surface area contributed by atoms with E-state index < -0.39 is 7.92 Å². The number of hydrogen-bond acceptors (Lipinski definition) is 0. The van der Waals surface area contributed by atoms with Gasteiger partial charge in [-0.1, -0.05) is 131 Å². The first-order valence-corrected chi connectivity index (χ1v) is 19.3. The predicted molar refractivity (Wildman–Crippen MR) is 181 cm³/mol. The largest absolute Gasteiger partial charge is 0.0959 e. The first-order valence-electron chi connectivity index (χ1n) is 16.4. The Morgan fingerprint density at radius 3 is 1.73 bits per heavy atom. The number of benzene rings is 3. The summed E-state index contributed by atoms with van der Waals surface area (Å²) in [6, 6.07) is 32.0. The molecule has 0 saturated heterocycles. The number of allylic oxidation sites excluding steroid dienone is 4. The summed E-state index contributed by atoms with van der Waals surface area (Å²) in [5.41, 5.74) is 5.96. The van der Waals surface area contributed by atoms with Crippen LogP contribution in [0.25, 0.3) is 5.57 Å². The highest BCUT2D eigenvalue weighted by Crippen LogP contribution is 2.70. The summed E-state index contributed by atoms with van der Waals surface area (Å²) >= 11 is 0. The smallest absolute Gasteiger partial charge is 0.00923 e. The Morgan fingerprint density at radius 2 is 1.20 bits per heavy atom. The zero-order valence-electron chi connectivity index (χ0n) is 24.5. The summed E-state index contributed by atoms with van der Waals surface area (Å²) in [6.45, 7) is 2.71. The highest BCUT2D eigenvalue weighted by molar-refractivity contribution is 7.80. The van der Waals surface area contributed by atoms with E-state index in [0.29, 0.717) is 5.92 Å². The molecule has 7 unspecified atom stereocenters. The average Bonchev–Trinajstić information content (AvgIpc) is 3.86. The molecule has 0 aromatic heterocycles. The molecule has 3 aromatic rings. The van der Waals surface area contributed by atoms with Gasteiger partial charge >= 0.3 is 0 Å². The van der Waals surface area contributed by atoms with Gasteiger partial charge in [0.1, 0.15) is 0 Å². The molecule has 4 fully saturated rings. The number of rotatable bonds is 8. The normalized spacial score (nSPS) is 33.0. The van der Waals surface area contributed by atoms with E-state index in [1.54, 1.807) is 31.3 Å². The fourth-order valence-electron chi connectivity index (χ4n) is 9.87. The van der Waals surface area contributed by atoms with Crippen molar-refractivity contribution in [2.24, 2.45) is 29.6 Å². The van der Waals surface area contributed by atoms with E-state index in [4.69, 9.17) is 0 Å². The average molecular weight is 575 g/mol. The molecule has 0 spiro atoms. The highest BCUT2D eigenvalue weighted by Gasteiger charge is 2.52. The minimum atomic E-state index is -0.625. The van der Waals surface area contributed by atoms with Crippen molar-refractivity contribution in [1.82, 2.24) is 0 Å². The van der Waals surface area contributed by atoms with Gasteiger partial charge in [0.05, 0.1) is 0 Å². The van der Waals surface area contributed by atoms with E-state index in [9.17, 15) is 0 Å². The molecular weight excluding hydrogens is 530 g/mol. The van der Waals surface area contributed by atoms with Gasteiger partial charge in [-0.2, -0.15) is 0 Å². The van der Waals surface area contributed by atoms with Crippen molar-refractivity contribution >= 4 is 37.3 Å². The maximum atomic E-state index is 2.71. The molecule has 5 aliphatic carbocycles. The maximum Gasteiger partial charge on any atom is 0.00923 e. The molecule has 0 aliphatic heterocycles. The number of hydrogen-bond donors (Lipinski definition) is 0. The van der Waals surface area contributed by atoms with Gasteiger partial charge < -0.3 is 0 Å². The molecule has 4 saturated carbocycles. The highest BCUT2D eigenvalue weighted by atomic mass is 31.1. The molecule has 5 aliphatic rings. The quantitative estimate of drug-likeness (QED) is 0.235. The van der Waals surface area contributed by atoms with Crippen LogP contribution in [-0.4, -0.2) is 17.0 Å². The van der Waals surface area contributed by atoms with Gasteiger partial charge in [-0.05, 0) is 114 Å². The third kappa shape index (κ3) is 4.83. The van der Waals surface area contributed by atoms with E-state index in [-0.39, 0.29) is 7.92 Å². The van der Waals surface area contributed by atoms with Crippen molar-refractivity contribution in [1.29, 1.82) is 0 Å². The molecule has 0 nitrogen and oxygen atoms in total. The van der Waals surface area contributed by atoms with Crippen LogP contribution in [0.4, 0.5) is 0 Å². The van der Waals surface area contributed by atoms with Crippen molar-refractivity contribution < 1.29 is 0 Å². The fraction of sp³-hybridized carbons (Fsp3) is 0.436. The van der Waals surface area contributed by atoms with Gasteiger partial charge in [0.15, 0.2) is 0 Å². The molecule has 8 atom stereocenters. The Balaban J connectivity index is 1.17. The summed E-state index contributed by atoms with van der Waals surface area (Å²) in [6.07, 6.45) is 19.9. The first-order chi connectivity index (χ1) is 20.2. The SMILES string of the molecule is C[C@H](C1C=CC=C1c1ccccc1P(c1ccccc1)c1ccccc1)P(C1CC2CCC1C2)C1CC2CCC1C2. The summed E-state index contributed by atoms with van der Waals surface area (Å²) in [5, 5.41) is 4.42. The van der Waals surface area contributed by atoms with Crippen LogP contribution >= 0.6 is 15.8 Å². The molecule has 0 heterocycles. The molecule has 0 N–H and O–H groups in total. The monoisotopic (exact) mass is 574 g/mol. The lowest BCUT2D eigenvalue weighted by Crippen LogP contribution is -2.32. The summed E-state index contributed by atoms with van der Waals surface area (Å²) in [5.74, 6) is 4.75. The van der Waals surface area contributed by atoms with Gasteiger partial charge in [-0.15, -0.1) is 0 Å². The Bertz CT molecular complexity index is 1360. The minimum Gasteiger partial charge on any atom is -0.0959 e. The van der Waals surface area contributed by atoms with Crippen molar-refractivity contribution in [2.45, 2.75) is 75.3 Å². The van der Waals surface area contributed by atoms with E-state index in [1.807, 2.05) is 0 Å². The molecule has 2 heteroatoms. The minimum absolute atomic E-state index is 0.0190. The van der Waals surface area contributed by atoms with Crippen LogP contribution in [0.15, 0.2) is 103 Å². The third-order valence-corrected chi connectivity index (χ3v) is 18.2. The summed E-state index contributed by atoms with van der Waals surface area (Å²) in [7, 11) is -0.606. The molecule has 0 amide bonds. The van der Waals surface area contributed by atoms with Crippen molar-refractivity contribution in [3.8, 4) is 0 Å². The summed E-state index contributed by atoms with van der Waals surface area (Å²) < 4.78 is 0. The molecule has 0 radical (unpaired) electrons. The lowest BCUT2D eigenvalue weighted by atomic mass is 9.93. The molecule has 4 bridgehead atoms. The van der Waals surface area contributed by atoms with E-state index in [0.717, 1.165) is 40.6 Å². The van der Waals surface area contributed by atoms with Crippen LogP contribution in [0.5, 0.6) is 0 Å². The topological polar surface area (TPSA) is 0 Å². The zero-order valence-corrected chi connectivity index (χ0v) is 26.3. The molecule has 3 aromatic carbocycles. The molecule has 8 rings (SSSR count). The van der Waals surface area contributed by atoms with Crippen molar-refractivity contribution in [3.63, 3.8) is 0 Å². The van der Waals surface area contributed by atoms with E-state index >= 15 is 0 Å². The summed E-state index contributed by atoms with van der Waals surface area (Å²) in [4.78, 5) is 0. The van der Waals surface area contributed by atoms with Gasteiger partial charge in [0, 0.05) is 5.92 Å². The Labute approximate surface area is 250 Å². The van der Waals surface area contributed by atoms with Crippen LogP contribution in [0, 0.1) is 29.6 Å². The lowest BCUT2D eigenvalue weighted by Gasteiger charge is -2.44. The zero-order chi connectivity index (χ0) is 27.3. The van der Waals surface area contributed by atoms with Gasteiger partial charge in [0.25, 0.3) is 0 Å². The third-order valence-electron chi connectivity index (χ3n) is 11.6. The Kier molecular flexibility index (Phi) is 7.30. The van der Waals surface area contributed by atoms with E-state index in [2.05, 4.69) is 110 Å². The molecule has 41 heavy (non-hydrogen) atoms. The second kappa shape index (κ2) is 11.3. The van der Waals surface area contributed by atoms with Gasteiger partial charge in [-0.3, -0.25) is 0 Å². The van der Waals surface area contributed by atoms with Crippen LogP contribution < -0.4 is 15.9 Å². The Hall–Kier alpha value is -2.00. The number of fused-ring (bicyclic) bond motifs is 4. The van der Waals surface area contributed by atoms with Crippen molar-refractivity contribution in [2.75, 3.05) is 0 Å². The fourth-order valence-corrected chi connectivity index (χ4v) is 17.3. The lowest BCUT2D eigenvalue weighted by molar-refractivity contribution is 0.456. The standard InChI is InChI=1S/C39H44P2/c1-27(40(38-25-28-19-21-30(38)23-28)39-26-29-20-22-31(39)24-29)34-16-10-17-35(34)36-15-8-9-18-37(36)41(32-11-4-2-5-12-32)33-13-6-3-7-14-33/h2-18,27-31,34,38-39H,19-26H2,1H3/t27-,28?,29?,30?,31?,34?,38?,39?,40?/m1/s1. The van der Waals surface area contributed by atoms with Crippen LogP contribution in [0.2, 0.25) is 0 Å². The van der Waals surface area contributed by atoms with Gasteiger partial charge in [-0.25, -0.2) is 0 Å². The maximum absolute atomic E-state index is 2.71. The van der Waals surface area contributed by atoms with Crippen LogP contribution in [-0.2, 0) is 0 Å². The first kappa shape index (κ1) is 26.6. The second-order valence-corrected chi connectivity index (χ2v) is 18.9. The molecular formula is C39H44P2. The van der Waals surface area contributed by atoms with E-state index in [1.165, 1.54) is 47.2 Å². The van der Waals surface area contributed by atoms with Crippen molar-refractivity contribution in [3.05, 3.63) is 109 Å². The van der Waals surface area contributed by atoms with Gasteiger partial charge in [0.2, 0.25) is 0 Å². The van der Waals surface area contributed by atoms with Crippen LogP contribution in [0.3, 0.4) is 0 Å². The Morgan fingerprint density at radius 1 is 0.634 bits per heavy atom. The predicted octanol–water partition coefficient (Wildman–Crippen LogP) is 9.26. The second-order valence-electron chi connectivity index (χ2n) is 13.7. The van der Waals surface area contributed by atoms with Crippen LogP contribution in [0.1, 0.15) is 63.9 Å². The molecule has 210 valence electrons.